The number of rotatable bonds is 3. The molecular formula is C13H11BrFNO. The van der Waals surface area contributed by atoms with Crippen LogP contribution in [0.5, 0.6) is 11.6 Å². The van der Waals surface area contributed by atoms with Gasteiger partial charge >= 0.3 is 0 Å². The van der Waals surface area contributed by atoms with Gasteiger partial charge in [0.05, 0.1) is 0 Å². The molecule has 0 fully saturated rings. The molecular weight excluding hydrogens is 285 g/mol. The summed E-state index contributed by atoms with van der Waals surface area (Å²) in [6, 6.07) is 7.87. The average Bonchev–Trinajstić information content (AvgIpc) is 2.34. The van der Waals surface area contributed by atoms with Gasteiger partial charge in [-0.1, -0.05) is 15.9 Å². The third-order valence-corrected chi connectivity index (χ3v) is 2.92. The van der Waals surface area contributed by atoms with E-state index < -0.39 is 0 Å². The van der Waals surface area contributed by atoms with Crippen LogP contribution in [0.2, 0.25) is 0 Å². The molecule has 0 saturated heterocycles. The molecule has 2 nitrogen and oxygen atoms in total. The lowest BCUT2D eigenvalue weighted by molar-refractivity contribution is 0.457. The monoisotopic (exact) mass is 295 g/mol. The van der Waals surface area contributed by atoms with Crippen LogP contribution in [0.25, 0.3) is 0 Å². The third kappa shape index (κ3) is 3.03. The molecule has 0 aliphatic rings. The van der Waals surface area contributed by atoms with E-state index in [1.165, 1.54) is 12.1 Å². The fourth-order valence-electron chi connectivity index (χ4n) is 1.41. The molecule has 0 radical (unpaired) electrons. The van der Waals surface area contributed by atoms with Gasteiger partial charge in [-0.3, -0.25) is 0 Å². The van der Waals surface area contributed by atoms with Gasteiger partial charge in [0, 0.05) is 17.1 Å². The Morgan fingerprint density at radius 3 is 2.59 bits per heavy atom. The first-order valence-corrected chi connectivity index (χ1v) is 6.26. The highest BCUT2D eigenvalue weighted by Crippen LogP contribution is 2.23. The van der Waals surface area contributed by atoms with Crippen molar-refractivity contribution in [3.8, 4) is 11.6 Å². The quantitative estimate of drug-likeness (QED) is 0.791. The van der Waals surface area contributed by atoms with E-state index in [-0.39, 0.29) is 5.82 Å². The first-order valence-electron chi connectivity index (χ1n) is 5.14. The standard InChI is InChI=1S/C13H11BrFNO/c1-9-6-10(7-14)8-16-13(9)17-12-4-2-11(15)3-5-12/h2-6,8H,7H2,1H3. The molecule has 2 aromatic rings. The van der Waals surface area contributed by atoms with Crippen LogP contribution < -0.4 is 4.74 Å². The molecule has 0 aliphatic carbocycles. The molecule has 0 atom stereocenters. The number of aromatic nitrogens is 1. The van der Waals surface area contributed by atoms with Gasteiger partial charge in [-0.05, 0) is 42.8 Å². The second-order valence-electron chi connectivity index (χ2n) is 3.66. The van der Waals surface area contributed by atoms with Crippen LogP contribution in [-0.4, -0.2) is 4.98 Å². The maximum Gasteiger partial charge on any atom is 0.222 e. The summed E-state index contributed by atoms with van der Waals surface area (Å²) in [5.74, 6) is 0.839. The fourth-order valence-corrected chi connectivity index (χ4v) is 1.72. The molecule has 0 saturated carbocycles. The molecule has 2 rings (SSSR count). The molecule has 0 unspecified atom stereocenters. The Kier molecular flexibility index (Phi) is 3.74. The Labute approximate surface area is 108 Å². The second kappa shape index (κ2) is 5.27. The van der Waals surface area contributed by atoms with E-state index in [9.17, 15) is 4.39 Å². The number of benzene rings is 1. The van der Waals surface area contributed by atoms with E-state index in [0.29, 0.717) is 11.6 Å². The molecule has 4 heteroatoms. The summed E-state index contributed by atoms with van der Waals surface area (Å²) in [6.07, 6.45) is 1.75. The number of halogens is 2. The SMILES string of the molecule is Cc1cc(CBr)cnc1Oc1ccc(F)cc1. The zero-order chi connectivity index (χ0) is 12.3. The fraction of sp³-hybridized carbons (Fsp3) is 0.154. The average molecular weight is 296 g/mol. The van der Waals surface area contributed by atoms with E-state index in [1.807, 2.05) is 13.0 Å². The lowest BCUT2D eigenvalue weighted by Crippen LogP contribution is -1.93. The van der Waals surface area contributed by atoms with Crippen LogP contribution >= 0.6 is 15.9 Å². The van der Waals surface area contributed by atoms with Gasteiger partial charge in [-0.2, -0.15) is 0 Å². The zero-order valence-corrected chi connectivity index (χ0v) is 10.9. The number of aryl methyl sites for hydroxylation is 1. The number of nitrogens with zero attached hydrogens (tertiary/aromatic N) is 1. The maximum absolute atomic E-state index is 12.7. The van der Waals surface area contributed by atoms with E-state index in [4.69, 9.17) is 4.74 Å². The van der Waals surface area contributed by atoms with Crippen LogP contribution in [0.3, 0.4) is 0 Å². The van der Waals surface area contributed by atoms with Crippen LogP contribution in [-0.2, 0) is 5.33 Å². The minimum absolute atomic E-state index is 0.281. The van der Waals surface area contributed by atoms with Crippen molar-refractivity contribution in [1.29, 1.82) is 0 Å². The first-order chi connectivity index (χ1) is 8.19. The Balaban J connectivity index is 2.21. The van der Waals surface area contributed by atoms with Gasteiger partial charge in [0.15, 0.2) is 0 Å². The number of hydrogen-bond donors (Lipinski definition) is 0. The van der Waals surface area contributed by atoms with Crippen LogP contribution in [0, 0.1) is 12.7 Å². The van der Waals surface area contributed by atoms with Crippen molar-refractivity contribution in [2.45, 2.75) is 12.3 Å². The summed E-state index contributed by atoms with van der Waals surface area (Å²) < 4.78 is 18.3. The van der Waals surface area contributed by atoms with Crippen molar-refractivity contribution >= 4 is 15.9 Å². The number of pyridine rings is 1. The molecule has 17 heavy (non-hydrogen) atoms. The Hall–Kier alpha value is -1.42. The van der Waals surface area contributed by atoms with Crippen LogP contribution in [0.15, 0.2) is 36.5 Å². The zero-order valence-electron chi connectivity index (χ0n) is 9.28. The van der Waals surface area contributed by atoms with Gasteiger partial charge < -0.3 is 4.74 Å². The molecule has 0 spiro atoms. The molecule has 0 bridgehead atoms. The minimum atomic E-state index is -0.281. The molecule has 1 aromatic heterocycles. The van der Waals surface area contributed by atoms with Crippen molar-refractivity contribution in [2.75, 3.05) is 0 Å². The van der Waals surface area contributed by atoms with Crippen LogP contribution in [0.4, 0.5) is 4.39 Å². The molecule has 0 aliphatic heterocycles. The molecule has 0 N–H and O–H groups in total. The minimum Gasteiger partial charge on any atom is -0.439 e. The first kappa shape index (κ1) is 12.0. The van der Waals surface area contributed by atoms with Crippen molar-refractivity contribution < 1.29 is 9.13 Å². The normalized spacial score (nSPS) is 10.3. The van der Waals surface area contributed by atoms with Crippen LogP contribution in [0.1, 0.15) is 11.1 Å². The van der Waals surface area contributed by atoms with Gasteiger partial charge in [0.1, 0.15) is 11.6 Å². The Morgan fingerprint density at radius 1 is 1.29 bits per heavy atom. The molecule has 1 aromatic carbocycles. The van der Waals surface area contributed by atoms with E-state index in [1.54, 1.807) is 18.3 Å². The largest absolute Gasteiger partial charge is 0.439 e. The van der Waals surface area contributed by atoms with E-state index >= 15 is 0 Å². The summed E-state index contributed by atoms with van der Waals surface area (Å²) >= 11 is 3.37. The van der Waals surface area contributed by atoms with Crippen molar-refractivity contribution in [3.63, 3.8) is 0 Å². The van der Waals surface area contributed by atoms with E-state index in [2.05, 4.69) is 20.9 Å². The third-order valence-electron chi connectivity index (χ3n) is 2.27. The maximum atomic E-state index is 12.7. The molecule has 88 valence electrons. The highest BCUT2D eigenvalue weighted by molar-refractivity contribution is 9.08. The van der Waals surface area contributed by atoms with Gasteiger partial charge in [0.2, 0.25) is 5.88 Å². The summed E-state index contributed by atoms with van der Waals surface area (Å²) in [4.78, 5) is 4.22. The summed E-state index contributed by atoms with van der Waals surface area (Å²) in [7, 11) is 0. The number of hydrogen-bond acceptors (Lipinski definition) is 2. The molecule has 1 heterocycles. The number of ether oxygens (including phenoxy) is 1. The predicted octanol–water partition coefficient (Wildman–Crippen LogP) is 4.22. The topological polar surface area (TPSA) is 22.1 Å². The summed E-state index contributed by atoms with van der Waals surface area (Å²) in [5.41, 5.74) is 2.04. The smallest absolute Gasteiger partial charge is 0.222 e. The highest BCUT2D eigenvalue weighted by atomic mass is 79.9. The summed E-state index contributed by atoms with van der Waals surface area (Å²) in [5, 5.41) is 0.762. The van der Waals surface area contributed by atoms with E-state index in [0.717, 1.165) is 16.5 Å². The van der Waals surface area contributed by atoms with Crippen molar-refractivity contribution in [2.24, 2.45) is 0 Å². The van der Waals surface area contributed by atoms with Gasteiger partial charge in [0.25, 0.3) is 0 Å². The Bertz CT molecular complexity index is 513. The summed E-state index contributed by atoms with van der Waals surface area (Å²) in [6.45, 7) is 1.93. The predicted molar refractivity (Wildman–Crippen MR) is 68.1 cm³/mol. The molecule has 0 amide bonds. The highest BCUT2D eigenvalue weighted by Gasteiger charge is 2.04. The van der Waals surface area contributed by atoms with Gasteiger partial charge in [-0.15, -0.1) is 0 Å². The number of alkyl halides is 1. The Morgan fingerprint density at radius 2 is 2.00 bits per heavy atom. The van der Waals surface area contributed by atoms with Gasteiger partial charge in [-0.25, -0.2) is 9.37 Å². The van der Waals surface area contributed by atoms with Crippen molar-refractivity contribution in [1.82, 2.24) is 4.98 Å². The second-order valence-corrected chi connectivity index (χ2v) is 4.22. The lowest BCUT2D eigenvalue weighted by Gasteiger charge is -2.08. The lowest BCUT2D eigenvalue weighted by atomic mass is 10.2. The van der Waals surface area contributed by atoms with Crippen molar-refractivity contribution in [3.05, 3.63) is 53.5 Å².